The van der Waals surface area contributed by atoms with E-state index in [0.29, 0.717) is 32.7 Å². The lowest BCUT2D eigenvalue weighted by Crippen LogP contribution is -2.12. The van der Waals surface area contributed by atoms with E-state index >= 15 is 0 Å². The summed E-state index contributed by atoms with van der Waals surface area (Å²) >= 11 is 13.5. The van der Waals surface area contributed by atoms with E-state index in [1.165, 1.54) is 6.33 Å². The number of carbonyl (C=O) groups excluding carboxylic acids is 1. The molecule has 4 aromatic rings. The van der Waals surface area contributed by atoms with Gasteiger partial charge < -0.3 is 5.32 Å². The lowest BCUT2D eigenvalue weighted by molar-refractivity contribution is 0.102. The molecule has 0 bridgehead atoms. The minimum Gasteiger partial charge on any atom is -0.322 e. The molecular formula is C19H13Cl2N5OS. The SMILES string of the molecule is O=C(Nc1cc(Cl)cc(Cl)c1)c1cccc(CSc2ncnc3[nH]ncc23)c1. The molecule has 0 aliphatic rings. The Morgan fingerprint density at radius 2 is 1.93 bits per heavy atom. The molecule has 9 heteroatoms. The monoisotopic (exact) mass is 429 g/mol. The molecule has 2 aromatic carbocycles. The predicted molar refractivity (Wildman–Crippen MR) is 112 cm³/mol. The molecule has 0 aliphatic carbocycles. The van der Waals surface area contributed by atoms with E-state index in [2.05, 4.69) is 25.5 Å². The van der Waals surface area contributed by atoms with Gasteiger partial charge in [-0.3, -0.25) is 9.89 Å². The van der Waals surface area contributed by atoms with Crippen LogP contribution in [0.5, 0.6) is 0 Å². The van der Waals surface area contributed by atoms with Crippen LogP contribution in [0, 0.1) is 0 Å². The summed E-state index contributed by atoms with van der Waals surface area (Å²) in [5.41, 5.74) is 2.79. The average Bonchev–Trinajstić information content (AvgIpc) is 3.15. The standard InChI is InChI=1S/C19H13Cl2N5OS/c20-13-5-14(21)7-15(6-13)25-18(27)12-3-1-2-11(4-12)9-28-19-16-8-24-26-17(16)22-10-23-19/h1-8,10H,9H2,(H,25,27)(H,22,23,24,26). The molecule has 140 valence electrons. The number of hydrogen-bond donors (Lipinski definition) is 2. The normalized spacial score (nSPS) is 10.9. The fourth-order valence-corrected chi connectivity index (χ4v) is 4.08. The Hall–Kier alpha value is -2.61. The summed E-state index contributed by atoms with van der Waals surface area (Å²) in [4.78, 5) is 21.0. The zero-order valence-corrected chi connectivity index (χ0v) is 16.6. The molecule has 1 amide bonds. The zero-order valence-electron chi connectivity index (χ0n) is 14.3. The number of fused-ring (bicyclic) bond motifs is 1. The second-order valence-corrected chi connectivity index (χ2v) is 7.75. The van der Waals surface area contributed by atoms with Crippen LogP contribution in [0.2, 0.25) is 10.0 Å². The maximum atomic E-state index is 12.6. The van der Waals surface area contributed by atoms with Crippen molar-refractivity contribution in [2.24, 2.45) is 0 Å². The Bertz CT molecular complexity index is 1140. The number of thioether (sulfide) groups is 1. The van der Waals surface area contributed by atoms with Crippen LogP contribution in [0.4, 0.5) is 5.69 Å². The van der Waals surface area contributed by atoms with Gasteiger partial charge in [0.05, 0.1) is 11.6 Å². The second kappa shape index (κ2) is 8.18. The third-order valence-corrected chi connectivity index (χ3v) is 5.41. The van der Waals surface area contributed by atoms with Gasteiger partial charge in [0.25, 0.3) is 5.91 Å². The van der Waals surface area contributed by atoms with Gasteiger partial charge >= 0.3 is 0 Å². The van der Waals surface area contributed by atoms with Crippen molar-refractivity contribution in [2.75, 3.05) is 5.32 Å². The summed E-state index contributed by atoms with van der Waals surface area (Å²) in [5.74, 6) is 0.422. The third kappa shape index (κ3) is 4.27. The highest BCUT2D eigenvalue weighted by Gasteiger charge is 2.10. The van der Waals surface area contributed by atoms with E-state index in [-0.39, 0.29) is 5.91 Å². The number of aromatic nitrogens is 4. The van der Waals surface area contributed by atoms with E-state index in [4.69, 9.17) is 23.2 Å². The number of rotatable bonds is 5. The lowest BCUT2D eigenvalue weighted by atomic mass is 10.1. The van der Waals surface area contributed by atoms with Crippen molar-refractivity contribution in [3.05, 3.63) is 76.2 Å². The molecule has 0 spiro atoms. The average molecular weight is 430 g/mol. The van der Waals surface area contributed by atoms with Crippen molar-refractivity contribution in [1.29, 1.82) is 0 Å². The summed E-state index contributed by atoms with van der Waals surface area (Å²) < 4.78 is 0. The second-order valence-electron chi connectivity index (χ2n) is 5.91. The molecule has 0 fully saturated rings. The maximum Gasteiger partial charge on any atom is 0.255 e. The molecule has 28 heavy (non-hydrogen) atoms. The third-order valence-electron chi connectivity index (χ3n) is 3.90. The van der Waals surface area contributed by atoms with Crippen LogP contribution in [0.25, 0.3) is 11.0 Å². The number of aromatic amines is 1. The van der Waals surface area contributed by atoms with Crippen LogP contribution in [-0.2, 0) is 5.75 Å². The van der Waals surface area contributed by atoms with Gasteiger partial charge in [-0.25, -0.2) is 9.97 Å². The topological polar surface area (TPSA) is 83.6 Å². The molecule has 0 unspecified atom stereocenters. The first-order valence-electron chi connectivity index (χ1n) is 8.22. The predicted octanol–water partition coefficient (Wildman–Crippen LogP) is 5.20. The molecule has 0 aliphatic heterocycles. The number of nitrogens with zero attached hydrogens (tertiary/aromatic N) is 3. The number of benzene rings is 2. The van der Waals surface area contributed by atoms with Crippen molar-refractivity contribution in [3.8, 4) is 0 Å². The van der Waals surface area contributed by atoms with Crippen molar-refractivity contribution < 1.29 is 4.79 Å². The Labute approximate surface area is 174 Å². The fourth-order valence-electron chi connectivity index (χ4n) is 2.64. The first-order chi connectivity index (χ1) is 13.6. The van der Waals surface area contributed by atoms with Gasteiger partial charge in [0.2, 0.25) is 0 Å². The summed E-state index contributed by atoms with van der Waals surface area (Å²) in [6, 6.07) is 12.3. The van der Waals surface area contributed by atoms with Gasteiger partial charge in [-0.15, -0.1) is 11.8 Å². The van der Waals surface area contributed by atoms with Crippen LogP contribution >= 0.6 is 35.0 Å². The van der Waals surface area contributed by atoms with Crippen molar-refractivity contribution in [3.63, 3.8) is 0 Å². The number of hydrogen-bond acceptors (Lipinski definition) is 5. The molecule has 0 atom stereocenters. The largest absolute Gasteiger partial charge is 0.322 e. The van der Waals surface area contributed by atoms with Gasteiger partial charge in [-0.2, -0.15) is 5.10 Å². The first-order valence-corrected chi connectivity index (χ1v) is 9.96. The fraction of sp³-hybridized carbons (Fsp3) is 0.0526. The summed E-state index contributed by atoms with van der Waals surface area (Å²) in [7, 11) is 0. The molecule has 0 saturated heterocycles. The molecule has 2 heterocycles. The Morgan fingerprint density at radius 3 is 2.75 bits per heavy atom. The molecule has 2 N–H and O–H groups in total. The molecule has 2 aromatic heterocycles. The Kier molecular flexibility index (Phi) is 5.47. The van der Waals surface area contributed by atoms with Gasteiger partial charge in [-0.1, -0.05) is 35.3 Å². The molecular weight excluding hydrogens is 417 g/mol. The molecule has 6 nitrogen and oxygen atoms in total. The zero-order chi connectivity index (χ0) is 19.5. The quantitative estimate of drug-likeness (QED) is 0.336. The number of halogens is 2. The van der Waals surface area contributed by atoms with Crippen LogP contribution in [0.1, 0.15) is 15.9 Å². The highest BCUT2D eigenvalue weighted by molar-refractivity contribution is 7.98. The maximum absolute atomic E-state index is 12.6. The van der Waals surface area contributed by atoms with E-state index < -0.39 is 0 Å². The van der Waals surface area contributed by atoms with Crippen molar-refractivity contribution in [1.82, 2.24) is 20.2 Å². The van der Waals surface area contributed by atoms with Gasteiger partial charge in [0, 0.05) is 27.0 Å². The number of anilines is 1. The van der Waals surface area contributed by atoms with E-state index in [1.54, 1.807) is 42.2 Å². The van der Waals surface area contributed by atoms with Crippen LogP contribution < -0.4 is 5.32 Å². The van der Waals surface area contributed by atoms with E-state index in [0.717, 1.165) is 16.0 Å². The highest BCUT2D eigenvalue weighted by atomic mass is 35.5. The van der Waals surface area contributed by atoms with E-state index in [1.807, 2.05) is 18.2 Å². The first kappa shape index (κ1) is 18.7. The molecule has 0 saturated carbocycles. The summed E-state index contributed by atoms with van der Waals surface area (Å²) in [6.07, 6.45) is 3.21. The molecule has 4 rings (SSSR count). The smallest absolute Gasteiger partial charge is 0.255 e. The van der Waals surface area contributed by atoms with Crippen LogP contribution in [-0.4, -0.2) is 26.1 Å². The summed E-state index contributed by atoms with van der Waals surface area (Å²) in [6.45, 7) is 0. The number of amides is 1. The van der Waals surface area contributed by atoms with Crippen LogP contribution in [0.15, 0.2) is 60.0 Å². The number of carbonyl (C=O) groups is 1. The highest BCUT2D eigenvalue weighted by Crippen LogP contribution is 2.27. The number of H-pyrrole nitrogens is 1. The van der Waals surface area contributed by atoms with Crippen molar-refractivity contribution in [2.45, 2.75) is 10.8 Å². The Balaban J connectivity index is 1.48. The van der Waals surface area contributed by atoms with Gasteiger partial charge in [0.15, 0.2) is 5.65 Å². The van der Waals surface area contributed by atoms with E-state index in [9.17, 15) is 4.79 Å². The lowest BCUT2D eigenvalue weighted by Gasteiger charge is -2.08. The number of nitrogens with one attached hydrogen (secondary N) is 2. The van der Waals surface area contributed by atoms with Crippen molar-refractivity contribution >= 4 is 57.6 Å². The minimum absolute atomic E-state index is 0.232. The molecule has 0 radical (unpaired) electrons. The van der Waals surface area contributed by atoms with Gasteiger partial charge in [0.1, 0.15) is 11.4 Å². The van der Waals surface area contributed by atoms with Gasteiger partial charge in [-0.05, 0) is 35.9 Å². The summed E-state index contributed by atoms with van der Waals surface area (Å²) in [5, 5.41) is 12.3. The van der Waals surface area contributed by atoms with Crippen LogP contribution in [0.3, 0.4) is 0 Å². The minimum atomic E-state index is -0.232. The Morgan fingerprint density at radius 1 is 1.11 bits per heavy atom.